The largest absolute Gasteiger partial charge is 0.313 e. The summed E-state index contributed by atoms with van der Waals surface area (Å²) >= 11 is 0. The highest BCUT2D eigenvalue weighted by Gasteiger charge is 2.38. The van der Waals surface area contributed by atoms with Gasteiger partial charge in [0.05, 0.1) is 0 Å². The van der Waals surface area contributed by atoms with E-state index in [0.29, 0.717) is 5.41 Å². The molecule has 2 rings (SSSR count). The van der Waals surface area contributed by atoms with Crippen molar-refractivity contribution in [1.29, 1.82) is 0 Å². The smallest absolute Gasteiger partial charge is 0.0254 e. The fraction of sp³-hybridized carbons (Fsp3) is 1.00. The van der Waals surface area contributed by atoms with Crippen molar-refractivity contribution in [3.8, 4) is 0 Å². The Bertz CT molecular complexity index is 266. The van der Waals surface area contributed by atoms with Gasteiger partial charge in [0.2, 0.25) is 0 Å². The molecule has 19 heavy (non-hydrogen) atoms. The fourth-order valence-corrected chi connectivity index (χ4v) is 4.13. The predicted octanol–water partition coefficient (Wildman–Crippen LogP) is 3.67. The van der Waals surface area contributed by atoms with Gasteiger partial charge in [-0.3, -0.25) is 4.90 Å². The summed E-state index contributed by atoms with van der Waals surface area (Å²) in [4.78, 5) is 2.81. The number of hydrogen-bond acceptors (Lipinski definition) is 2. The first-order valence-electron chi connectivity index (χ1n) is 8.53. The number of likely N-dealkylation sites (tertiary alicyclic amines) is 1. The molecule has 1 N–H and O–H groups in total. The molecule has 2 nitrogen and oxygen atoms in total. The van der Waals surface area contributed by atoms with E-state index in [2.05, 4.69) is 37.9 Å². The van der Waals surface area contributed by atoms with Crippen LogP contribution < -0.4 is 5.32 Å². The van der Waals surface area contributed by atoms with Crippen molar-refractivity contribution in [3.63, 3.8) is 0 Å². The Morgan fingerprint density at radius 1 is 1.11 bits per heavy atom. The van der Waals surface area contributed by atoms with E-state index in [1.54, 1.807) is 0 Å². The monoisotopic (exact) mass is 266 g/mol. The number of nitrogens with zero attached hydrogens (tertiary/aromatic N) is 1. The second kappa shape index (κ2) is 6.58. The van der Waals surface area contributed by atoms with Crippen LogP contribution in [0.1, 0.15) is 66.2 Å². The lowest BCUT2D eigenvalue weighted by Crippen LogP contribution is -2.56. The molecule has 1 aliphatic heterocycles. The van der Waals surface area contributed by atoms with Gasteiger partial charge in [-0.25, -0.2) is 0 Å². The van der Waals surface area contributed by atoms with Crippen LogP contribution in [0.25, 0.3) is 0 Å². The summed E-state index contributed by atoms with van der Waals surface area (Å²) in [6.07, 6.45) is 8.34. The van der Waals surface area contributed by atoms with E-state index in [9.17, 15) is 0 Å². The second-order valence-electron chi connectivity index (χ2n) is 7.53. The maximum atomic E-state index is 3.75. The molecule has 0 bridgehead atoms. The van der Waals surface area contributed by atoms with Crippen LogP contribution in [-0.4, -0.2) is 36.6 Å². The van der Waals surface area contributed by atoms with E-state index < -0.39 is 0 Å². The summed E-state index contributed by atoms with van der Waals surface area (Å²) in [5.41, 5.74) is 0.540. The Labute approximate surface area is 120 Å². The molecule has 0 radical (unpaired) electrons. The van der Waals surface area contributed by atoms with E-state index >= 15 is 0 Å². The molecule has 112 valence electrons. The van der Waals surface area contributed by atoms with Crippen molar-refractivity contribution in [1.82, 2.24) is 10.2 Å². The number of rotatable bonds is 4. The lowest BCUT2D eigenvalue weighted by Gasteiger charge is -2.48. The highest BCUT2D eigenvalue weighted by atomic mass is 15.2. The van der Waals surface area contributed by atoms with Crippen LogP contribution >= 0.6 is 0 Å². The Morgan fingerprint density at radius 2 is 1.79 bits per heavy atom. The zero-order chi connectivity index (χ0) is 13.9. The molecule has 1 saturated carbocycles. The summed E-state index contributed by atoms with van der Waals surface area (Å²) in [5, 5.41) is 3.75. The highest BCUT2D eigenvalue weighted by Crippen LogP contribution is 2.38. The van der Waals surface area contributed by atoms with Crippen LogP contribution in [0.4, 0.5) is 0 Å². The normalized spacial score (nSPS) is 33.5. The standard InChI is InChI=1S/C17H34N2/c1-5-14-8-11-19(12-9-14)16-13-17(3,4)10-7-15(16)18-6-2/h14-16,18H,5-13H2,1-4H3. The molecule has 2 unspecified atom stereocenters. The van der Waals surface area contributed by atoms with Crippen LogP contribution in [0.15, 0.2) is 0 Å². The van der Waals surface area contributed by atoms with Gasteiger partial charge in [-0.1, -0.05) is 34.1 Å². The molecule has 1 saturated heterocycles. The third kappa shape index (κ3) is 3.95. The van der Waals surface area contributed by atoms with Crippen molar-refractivity contribution >= 4 is 0 Å². The molecular weight excluding hydrogens is 232 g/mol. The predicted molar refractivity (Wildman–Crippen MR) is 83.5 cm³/mol. The molecule has 2 fully saturated rings. The van der Waals surface area contributed by atoms with Gasteiger partial charge >= 0.3 is 0 Å². The molecule has 1 heterocycles. The van der Waals surface area contributed by atoms with Crippen LogP contribution in [-0.2, 0) is 0 Å². The summed E-state index contributed by atoms with van der Waals surface area (Å²) in [6.45, 7) is 13.3. The maximum Gasteiger partial charge on any atom is 0.0254 e. The van der Waals surface area contributed by atoms with Crippen molar-refractivity contribution < 1.29 is 0 Å². The molecule has 1 aliphatic carbocycles. The van der Waals surface area contributed by atoms with E-state index in [1.165, 1.54) is 51.6 Å². The van der Waals surface area contributed by atoms with Crippen molar-refractivity contribution in [3.05, 3.63) is 0 Å². The topological polar surface area (TPSA) is 15.3 Å². The third-order valence-corrected chi connectivity index (χ3v) is 5.52. The van der Waals surface area contributed by atoms with E-state index in [1.807, 2.05) is 0 Å². The zero-order valence-electron chi connectivity index (χ0n) is 13.5. The summed E-state index contributed by atoms with van der Waals surface area (Å²) in [7, 11) is 0. The average Bonchev–Trinajstić information content (AvgIpc) is 2.41. The third-order valence-electron chi connectivity index (χ3n) is 5.52. The van der Waals surface area contributed by atoms with E-state index in [4.69, 9.17) is 0 Å². The van der Waals surface area contributed by atoms with Gasteiger partial charge in [0.1, 0.15) is 0 Å². The molecule has 0 aromatic heterocycles. The van der Waals surface area contributed by atoms with Gasteiger partial charge in [0.25, 0.3) is 0 Å². The van der Waals surface area contributed by atoms with Gasteiger partial charge in [-0.15, -0.1) is 0 Å². The first kappa shape index (κ1) is 15.3. The SMILES string of the molecule is CCNC1CCC(C)(C)CC1N1CCC(CC)CC1. The van der Waals surface area contributed by atoms with E-state index in [-0.39, 0.29) is 0 Å². The van der Waals surface area contributed by atoms with Gasteiger partial charge in [-0.2, -0.15) is 0 Å². The van der Waals surface area contributed by atoms with Crippen molar-refractivity contribution in [2.24, 2.45) is 11.3 Å². The van der Waals surface area contributed by atoms with Gasteiger partial charge < -0.3 is 5.32 Å². The minimum atomic E-state index is 0.540. The summed E-state index contributed by atoms with van der Waals surface area (Å²) < 4.78 is 0. The van der Waals surface area contributed by atoms with E-state index in [0.717, 1.165) is 24.5 Å². The van der Waals surface area contributed by atoms with Crippen molar-refractivity contribution in [2.45, 2.75) is 78.3 Å². The quantitative estimate of drug-likeness (QED) is 0.835. The number of piperidine rings is 1. The molecule has 2 atom stereocenters. The Hall–Kier alpha value is -0.0800. The lowest BCUT2D eigenvalue weighted by atomic mass is 9.72. The molecular formula is C17H34N2. The van der Waals surface area contributed by atoms with Gasteiger partial charge in [-0.05, 0) is 63.1 Å². The van der Waals surface area contributed by atoms with Crippen LogP contribution in [0, 0.1) is 11.3 Å². The number of hydrogen-bond donors (Lipinski definition) is 1. The minimum Gasteiger partial charge on any atom is -0.313 e. The zero-order valence-corrected chi connectivity index (χ0v) is 13.5. The first-order chi connectivity index (χ1) is 9.05. The van der Waals surface area contributed by atoms with Gasteiger partial charge in [0, 0.05) is 12.1 Å². The molecule has 2 aliphatic rings. The minimum absolute atomic E-state index is 0.540. The van der Waals surface area contributed by atoms with Gasteiger partial charge in [0.15, 0.2) is 0 Å². The lowest BCUT2D eigenvalue weighted by molar-refractivity contribution is 0.0414. The average molecular weight is 266 g/mol. The number of likely N-dealkylation sites (N-methyl/N-ethyl adjacent to an activating group) is 1. The van der Waals surface area contributed by atoms with Crippen molar-refractivity contribution in [2.75, 3.05) is 19.6 Å². The molecule has 0 spiro atoms. The molecule has 2 heteroatoms. The summed E-state index contributed by atoms with van der Waals surface area (Å²) in [5.74, 6) is 0.991. The summed E-state index contributed by atoms with van der Waals surface area (Å²) in [6, 6.07) is 1.51. The van der Waals surface area contributed by atoms with Crippen LogP contribution in [0.2, 0.25) is 0 Å². The molecule has 0 aromatic rings. The number of nitrogens with one attached hydrogen (secondary N) is 1. The Balaban J connectivity index is 1.97. The maximum absolute atomic E-state index is 3.75. The second-order valence-corrected chi connectivity index (χ2v) is 7.53. The molecule has 0 aromatic carbocycles. The van der Waals surface area contributed by atoms with Crippen LogP contribution in [0.3, 0.4) is 0 Å². The fourth-order valence-electron chi connectivity index (χ4n) is 4.13. The Morgan fingerprint density at radius 3 is 2.37 bits per heavy atom. The highest BCUT2D eigenvalue weighted by molar-refractivity contribution is 4.95. The van der Waals surface area contributed by atoms with Crippen LogP contribution in [0.5, 0.6) is 0 Å². The Kier molecular flexibility index (Phi) is 5.30. The first-order valence-corrected chi connectivity index (χ1v) is 8.53. The molecule has 0 amide bonds.